The third-order valence-electron chi connectivity index (χ3n) is 7.37. The van der Waals surface area contributed by atoms with Crippen LogP contribution in [0.15, 0.2) is 12.2 Å². The largest absolute Gasteiger partial charge is 0.389 e. The lowest BCUT2D eigenvalue weighted by Crippen LogP contribution is -2.58. The minimum Gasteiger partial charge on any atom is -0.389 e. The van der Waals surface area contributed by atoms with E-state index in [0.717, 1.165) is 12.8 Å². The van der Waals surface area contributed by atoms with E-state index in [2.05, 4.69) is 13.5 Å². The van der Waals surface area contributed by atoms with E-state index in [1.807, 2.05) is 20.8 Å². The molecule has 0 aromatic rings. The molecular weight excluding hydrogens is 304 g/mol. The summed E-state index contributed by atoms with van der Waals surface area (Å²) in [5.74, 6) is -0.993. The summed E-state index contributed by atoms with van der Waals surface area (Å²) in [6, 6.07) is 0. The van der Waals surface area contributed by atoms with Crippen LogP contribution in [0.1, 0.15) is 72.6 Å². The fraction of sp³-hybridized carbons (Fsp3) is 0.850. The van der Waals surface area contributed by atoms with Crippen LogP contribution in [0.2, 0.25) is 0 Å². The Morgan fingerprint density at radius 1 is 1.33 bits per heavy atom. The Hall–Kier alpha value is -0.710. The summed E-state index contributed by atoms with van der Waals surface area (Å²) >= 11 is 0. The lowest BCUT2D eigenvalue weighted by Gasteiger charge is -2.56. The highest BCUT2D eigenvalue weighted by molar-refractivity contribution is 5.80. The van der Waals surface area contributed by atoms with E-state index in [1.165, 1.54) is 0 Å². The lowest BCUT2D eigenvalue weighted by atomic mass is 9.57. The van der Waals surface area contributed by atoms with Gasteiger partial charge < -0.3 is 14.9 Å². The van der Waals surface area contributed by atoms with Crippen molar-refractivity contribution in [2.45, 2.75) is 90.1 Å². The van der Waals surface area contributed by atoms with Gasteiger partial charge in [-0.1, -0.05) is 34.3 Å². The maximum atomic E-state index is 12.1. The quantitative estimate of drug-likeness (QED) is 0.773. The Morgan fingerprint density at radius 3 is 2.62 bits per heavy atom. The third kappa shape index (κ3) is 2.26. The molecule has 0 aromatic carbocycles. The molecule has 0 aromatic heterocycles. The summed E-state index contributed by atoms with van der Waals surface area (Å²) in [6.07, 6.45) is 4.17. The maximum absolute atomic E-state index is 12.1. The van der Waals surface area contributed by atoms with Crippen LogP contribution >= 0.6 is 0 Å². The van der Waals surface area contributed by atoms with Gasteiger partial charge in [-0.25, -0.2) is 0 Å². The van der Waals surface area contributed by atoms with Crippen LogP contribution in [-0.2, 0) is 9.53 Å². The van der Waals surface area contributed by atoms with Crippen LogP contribution in [-0.4, -0.2) is 33.5 Å². The summed E-state index contributed by atoms with van der Waals surface area (Å²) in [7, 11) is 0. The molecule has 24 heavy (non-hydrogen) atoms. The van der Waals surface area contributed by atoms with Crippen molar-refractivity contribution in [2.75, 3.05) is 0 Å². The summed E-state index contributed by atoms with van der Waals surface area (Å²) in [5, 5.41) is 21.7. The molecule has 3 fully saturated rings. The Morgan fingerprint density at radius 2 is 2.00 bits per heavy atom. The Balaban J connectivity index is 1.93. The van der Waals surface area contributed by atoms with Gasteiger partial charge in [0.05, 0.1) is 6.10 Å². The molecule has 2 heterocycles. The average molecular weight is 336 g/mol. The van der Waals surface area contributed by atoms with Crippen LogP contribution in [0.3, 0.4) is 0 Å². The number of rotatable bonds is 4. The highest BCUT2D eigenvalue weighted by Gasteiger charge is 2.72. The molecule has 2 N–H and O–H groups in total. The van der Waals surface area contributed by atoms with E-state index in [9.17, 15) is 15.0 Å². The first-order chi connectivity index (χ1) is 11.0. The minimum atomic E-state index is -1.23. The number of hydrogen-bond acceptors (Lipinski definition) is 4. The van der Waals surface area contributed by atoms with Crippen LogP contribution in [0.4, 0.5) is 0 Å². The molecule has 4 heteroatoms. The maximum Gasteiger partial charge on any atom is 0.172 e. The van der Waals surface area contributed by atoms with Crippen molar-refractivity contribution in [3.05, 3.63) is 12.2 Å². The fourth-order valence-corrected chi connectivity index (χ4v) is 5.24. The number of ketones is 1. The molecule has 0 unspecified atom stereocenters. The topological polar surface area (TPSA) is 66.8 Å². The van der Waals surface area contributed by atoms with Crippen molar-refractivity contribution in [3.63, 3.8) is 0 Å². The number of aliphatic hydroxyl groups excluding tert-OH is 1. The number of carbonyl (C=O) groups is 1. The smallest absolute Gasteiger partial charge is 0.172 e. The van der Waals surface area contributed by atoms with Gasteiger partial charge in [-0.15, -0.1) is 0 Å². The normalized spacial score (nSPS) is 47.8. The van der Waals surface area contributed by atoms with Gasteiger partial charge >= 0.3 is 0 Å². The molecular formula is C20H32O4. The molecule has 0 radical (unpaired) electrons. The summed E-state index contributed by atoms with van der Waals surface area (Å²) < 4.78 is 6.36. The van der Waals surface area contributed by atoms with Crippen LogP contribution < -0.4 is 0 Å². The van der Waals surface area contributed by atoms with Gasteiger partial charge in [-0.3, -0.25) is 4.79 Å². The van der Waals surface area contributed by atoms with Crippen molar-refractivity contribution >= 4 is 5.78 Å². The molecule has 2 aliphatic heterocycles. The predicted octanol–water partition coefficient (Wildman–Crippen LogP) is 3.36. The van der Waals surface area contributed by atoms with Gasteiger partial charge in [0, 0.05) is 29.6 Å². The van der Waals surface area contributed by atoms with Crippen molar-refractivity contribution in [1.29, 1.82) is 0 Å². The number of fused-ring (bicyclic) bond motifs is 1. The number of carbonyl (C=O) groups excluding carboxylic acids is 1. The van der Waals surface area contributed by atoms with Crippen molar-refractivity contribution in [1.82, 2.24) is 0 Å². The number of ether oxygens (including phenoxy) is 1. The van der Waals surface area contributed by atoms with E-state index >= 15 is 0 Å². The first-order valence-electron chi connectivity index (χ1n) is 9.31. The Labute approximate surface area is 145 Å². The van der Waals surface area contributed by atoms with Gasteiger partial charge in [0.1, 0.15) is 11.4 Å². The summed E-state index contributed by atoms with van der Waals surface area (Å²) in [5.41, 5.74) is -0.550. The van der Waals surface area contributed by atoms with Crippen molar-refractivity contribution < 1.29 is 19.7 Å². The van der Waals surface area contributed by atoms with Gasteiger partial charge in [-0.2, -0.15) is 0 Å². The van der Waals surface area contributed by atoms with E-state index in [-0.39, 0.29) is 17.1 Å². The number of Topliss-reactive ketones (excluding diaryl/α,β-unsaturated/α-hetero) is 1. The fourth-order valence-electron chi connectivity index (χ4n) is 5.24. The van der Waals surface area contributed by atoms with Crippen LogP contribution in [0, 0.1) is 16.7 Å². The van der Waals surface area contributed by atoms with Crippen molar-refractivity contribution in [3.8, 4) is 0 Å². The Kier molecular flexibility index (Phi) is 4.06. The number of aliphatic hydroxyl groups is 2. The van der Waals surface area contributed by atoms with E-state index in [0.29, 0.717) is 37.7 Å². The first kappa shape index (κ1) is 18.1. The zero-order valence-electron chi connectivity index (χ0n) is 15.5. The molecule has 136 valence electrons. The second kappa shape index (κ2) is 5.39. The van der Waals surface area contributed by atoms with Crippen molar-refractivity contribution in [2.24, 2.45) is 16.7 Å². The number of hydrogen-bond donors (Lipinski definition) is 2. The minimum absolute atomic E-state index is 0.0137. The summed E-state index contributed by atoms with van der Waals surface area (Å²) in [6.45, 7) is 12.2. The zero-order chi connectivity index (χ0) is 18.0. The molecule has 1 saturated carbocycles. The monoisotopic (exact) mass is 336 g/mol. The van der Waals surface area contributed by atoms with E-state index in [4.69, 9.17) is 4.74 Å². The molecule has 2 bridgehead atoms. The standard InChI is InChI=1S/C20H32O4/c1-13(2)15(21)6-9-18(5)12-19-14(3)16(22)7-8-17(19,4)10-11-20(18,23)24-19/h13,16,22-23H,3,6-12H2,1-2,4-5H3/t16-,17-,18+,19-,20+/m1/s1. The molecule has 1 spiro atoms. The SMILES string of the molecule is C=C1[C@H](O)CC[C@]2(C)CC[C@]3(O)O[C@]12C[C@]3(C)CCC(=O)C(C)C. The van der Waals surface area contributed by atoms with Crippen LogP contribution in [0.25, 0.3) is 0 Å². The highest BCUT2D eigenvalue weighted by Crippen LogP contribution is 2.69. The second-order valence-electron chi connectivity index (χ2n) is 9.21. The third-order valence-corrected chi connectivity index (χ3v) is 7.37. The van der Waals surface area contributed by atoms with Gasteiger partial charge in [0.2, 0.25) is 0 Å². The van der Waals surface area contributed by atoms with Crippen LogP contribution in [0.5, 0.6) is 0 Å². The van der Waals surface area contributed by atoms with Gasteiger partial charge in [-0.05, 0) is 37.7 Å². The summed E-state index contributed by atoms with van der Waals surface area (Å²) in [4.78, 5) is 12.1. The second-order valence-corrected chi connectivity index (χ2v) is 9.21. The average Bonchev–Trinajstić information content (AvgIpc) is 2.72. The molecule has 5 atom stereocenters. The molecule has 3 aliphatic rings. The Bertz CT molecular complexity index is 570. The predicted molar refractivity (Wildman–Crippen MR) is 92.3 cm³/mol. The molecule has 0 amide bonds. The molecule has 2 saturated heterocycles. The van der Waals surface area contributed by atoms with E-state index < -0.39 is 22.9 Å². The zero-order valence-corrected chi connectivity index (χ0v) is 15.5. The van der Waals surface area contributed by atoms with E-state index in [1.54, 1.807) is 0 Å². The molecule has 1 aliphatic carbocycles. The molecule has 3 rings (SSSR count). The van der Waals surface area contributed by atoms with Gasteiger partial charge in [0.25, 0.3) is 0 Å². The highest BCUT2D eigenvalue weighted by atomic mass is 16.7. The lowest BCUT2D eigenvalue weighted by molar-refractivity contribution is -0.306. The molecule has 4 nitrogen and oxygen atoms in total. The van der Waals surface area contributed by atoms with Gasteiger partial charge in [0.15, 0.2) is 5.79 Å². The first-order valence-corrected chi connectivity index (χ1v) is 9.31.